The Hall–Kier alpha value is -2.97. The molecule has 1 N–H and O–H groups in total. The molecule has 0 radical (unpaired) electrons. The van der Waals surface area contributed by atoms with Crippen LogP contribution >= 0.6 is 11.3 Å². The lowest BCUT2D eigenvalue weighted by molar-refractivity contribution is 0.0947. The highest BCUT2D eigenvalue weighted by molar-refractivity contribution is 7.10. The van der Waals surface area contributed by atoms with E-state index >= 15 is 0 Å². The van der Waals surface area contributed by atoms with Crippen molar-refractivity contribution in [3.8, 4) is 16.9 Å². The Bertz CT molecular complexity index is 1040. The Balaban J connectivity index is 1.29. The zero-order chi connectivity index (χ0) is 23.0. The molecule has 0 unspecified atom stereocenters. The van der Waals surface area contributed by atoms with Gasteiger partial charge in [-0.15, -0.1) is 21.5 Å². The third kappa shape index (κ3) is 6.09. The number of nitrogens with zero attached hydrogens (tertiary/aromatic N) is 4. The van der Waals surface area contributed by atoms with Crippen molar-refractivity contribution in [3.05, 3.63) is 58.4 Å². The summed E-state index contributed by atoms with van der Waals surface area (Å²) < 4.78 is 5.64. The first kappa shape index (κ1) is 23.2. The summed E-state index contributed by atoms with van der Waals surface area (Å²) in [7, 11) is 0. The molecule has 0 aliphatic carbocycles. The number of carbonyl (C=O) groups is 1. The molecule has 0 spiro atoms. The summed E-state index contributed by atoms with van der Waals surface area (Å²) in [6.07, 6.45) is 0.898. The minimum Gasteiger partial charge on any atom is -0.494 e. The monoisotopic (exact) mass is 465 g/mol. The number of hydrogen-bond donors (Lipinski definition) is 1. The second-order valence-electron chi connectivity index (χ2n) is 8.06. The fourth-order valence-corrected chi connectivity index (χ4v) is 4.78. The van der Waals surface area contributed by atoms with Gasteiger partial charge in [0.05, 0.1) is 6.61 Å². The Morgan fingerprint density at radius 1 is 1.06 bits per heavy atom. The highest BCUT2D eigenvalue weighted by atomic mass is 32.1. The van der Waals surface area contributed by atoms with E-state index in [4.69, 9.17) is 4.74 Å². The van der Waals surface area contributed by atoms with Gasteiger partial charge in [0.1, 0.15) is 5.75 Å². The lowest BCUT2D eigenvalue weighted by atomic mass is 10.1. The average Bonchev–Trinajstić information content (AvgIpc) is 3.32. The molecule has 1 saturated heterocycles. The van der Waals surface area contributed by atoms with Gasteiger partial charge in [0.25, 0.3) is 5.91 Å². The van der Waals surface area contributed by atoms with Gasteiger partial charge < -0.3 is 15.0 Å². The normalized spacial score (nSPS) is 14.3. The predicted octanol–water partition coefficient (Wildman–Crippen LogP) is 4.07. The van der Waals surface area contributed by atoms with Crippen LogP contribution in [-0.2, 0) is 6.54 Å². The van der Waals surface area contributed by atoms with E-state index in [0.29, 0.717) is 18.8 Å². The van der Waals surface area contributed by atoms with Crippen LogP contribution in [-0.4, -0.2) is 60.3 Å². The van der Waals surface area contributed by atoms with Gasteiger partial charge in [-0.2, -0.15) is 0 Å². The van der Waals surface area contributed by atoms with Crippen molar-refractivity contribution in [2.45, 2.75) is 26.8 Å². The second kappa shape index (κ2) is 11.2. The van der Waals surface area contributed by atoms with Gasteiger partial charge in [-0.25, -0.2) is 0 Å². The van der Waals surface area contributed by atoms with Gasteiger partial charge in [-0.1, -0.05) is 19.1 Å². The first-order valence-electron chi connectivity index (χ1n) is 11.6. The van der Waals surface area contributed by atoms with Crippen molar-refractivity contribution in [2.24, 2.45) is 0 Å². The maximum Gasteiger partial charge on any atom is 0.271 e. The summed E-state index contributed by atoms with van der Waals surface area (Å²) in [6.45, 7) is 10.0. The molecule has 1 aromatic carbocycles. The van der Waals surface area contributed by atoms with Crippen molar-refractivity contribution < 1.29 is 9.53 Å². The van der Waals surface area contributed by atoms with E-state index in [9.17, 15) is 4.79 Å². The minimum atomic E-state index is -0.166. The summed E-state index contributed by atoms with van der Waals surface area (Å²) in [6, 6.07) is 14.2. The summed E-state index contributed by atoms with van der Waals surface area (Å²) in [4.78, 5) is 18.1. The molecule has 3 heterocycles. The Labute approximate surface area is 199 Å². The highest BCUT2D eigenvalue weighted by Crippen LogP contribution is 2.29. The number of hydrogen-bond acceptors (Lipinski definition) is 7. The van der Waals surface area contributed by atoms with Crippen LogP contribution in [0, 0.1) is 0 Å². The molecular formula is C25H31N5O2S. The summed E-state index contributed by atoms with van der Waals surface area (Å²) in [5.41, 5.74) is 2.80. The number of piperazine rings is 1. The molecule has 1 fully saturated rings. The topological polar surface area (TPSA) is 70.6 Å². The number of anilines is 1. The SMILES string of the molecule is CCCNC(=O)c1ccc(N2CCN(Cc3cc(-c4cccc(OCC)c4)cs3)CC2)nn1. The number of benzene rings is 1. The van der Waals surface area contributed by atoms with E-state index in [1.807, 2.05) is 43.4 Å². The summed E-state index contributed by atoms with van der Waals surface area (Å²) >= 11 is 1.81. The molecule has 3 aromatic rings. The van der Waals surface area contributed by atoms with E-state index in [0.717, 1.165) is 50.7 Å². The van der Waals surface area contributed by atoms with E-state index in [2.05, 4.69) is 48.9 Å². The highest BCUT2D eigenvalue weighted by Gasteiger charge is 2.19. The fraction of sp³-hybridized carbons (Fsp3) is 0.400. The molecule has 0 bridgehead atoms. The van der Waals surface area contributed by atoms with Crippen LogP contribution in [0.4, 0.5) is 5.82 Å². The number of ether oxygens (including phenoxy) is 1. The number of thiophene rings is 1. The third-order valence-electron chi connectivity index (χ3n) is 5.63. The van der Waals surface area contributed by atoms with E-state index in [1.165, 1.54) is 16.0 Å². The maximum atomic E-state index is 12.0. The molecule has 0 atom stereocenters. The van der Waals surface area contributed by atoms with Crippen LogP contribution < -0.4 is 15.0 Å². The molecular weight excluding hydrogens is 434 g/mol. The summed E-state index contributed by atoms with van der Waals surface area (Å²) in [5.74, 6) is 1.58. The van der Waals surface area contributed by atoms with Crippen LogP contribution in [0.25, 0.3) is 11.1 Å². The number of aromatic nitrogens is 2. The summed E-state index contributed by atoms with van der Waals surface area (Å²) in [5, 5.41) is 13.5. The Morgan fingerprint density at radius 2 is 1.91 bits per heavy atom. The largest absolute Gasteiger partial charge is 0.494 e. The average molecular weight is 466 g/mol. The van der Waals surface area contributed by atoms with Gasteiger partial charge in [-0.3, -0.25) is 9.69 Å². The zero-order valence-electron chi connectivity index (χ0n) is 19.3. The molecule has 0 saturated carbocycles. The third-order valence-corrected chi connectivity index (χ3v) is 6.55. The molecule has 4 rings (SSSR count). The minimum absolute atomic E-state index is 0.166. The molecule has 1 amide bonds. The van der Waals surface area contributed by atoms with Crippen molar-refractivity contribution in [2.75, 3.05) is 44.2 Å². The van der Waals surface area contributed by atoms with E-state index in [-0.39, 0.29) is 5.91 Å². The first-order valence-corrected chi connectivity index (χ1v) is 12.4. The number of rotatable bonds is 9. The quantitative estimate of drug-likeness (QED) is 0.514. The van der Waals surface area contributed by atoms with Crippen molar-refractivity contribution >= 4 is 23.1 Å². The van der Waals surface area contributed by atoms with Crippen LogP contribution in [0.15, 0.2) is 47.8 Å². The van der Waals surface area contributed by atoms with Crippen molar-refractivity contribution in [1.82, 2.24) is 20.4 Å². The van der Waals surface area contributed by atoms with Gasteiger partial charge in [0, 0.05) is 44.1 Å². The Morgan fingerprint density at radius 3 is 2.64 bits per heavy atom. The first-order chi connectivity index (χ1) is 16.2. The molecule has 8 heteroatoms. The number of nitrogens with one attached hydrogen (secondary N) is 1. The standard InChI is InChI=1S/C25H31N5O2S/c1-3-10-26-25(31)23-8-9-24(28-27-23)30-13-11-29(12-14-30)17-22-16-20(18-33-22)19-6-5-7-21(15-19)32-4-2/h5-9,15-16,18H,3-4,10-14,17H2,1-2H3,(H,26,31). The Kier molecular flexibility index (Phi) is 7.91. The van der Waals surface area contributed by atoms with Crippen LogP contribution in [0.1, 0.15) is 35.6 Å². The molecule has 33 heavy (non-hydrogen) atoms. The fourth-order valence-electron chi connectivity index (χ4n) is 3.85. The molecule has 1 aliphatic heterocycles. The van der Waals surface area contributed by atoms with Gasteiger partial charge in [0.15, 0.2) is 11.5 Å². The van der Waals surface area contributed by atoms with Crippen molar-refractivity contribution in [3.63, 3.8) is 0 Å². The van der Waals surface area contributed by atoms with Crippen LogP contribution in [0.3, 0.4) is 0 Å². The van der Waals surface area contributed by atoms with Gasteiger partial charge in [-0.05, 0) is 60.2 Å². The predicted molar refractivity (Wildman–Crippen MR) is 133 cm³/mol. The molecule has 2 aromatic heterocycles. The second-order valence-corrected chi connectivity index (χ2v) is 9.05. The maximum absolute atomic E-state index is 12.0. The van der Waals surface area contributed by atoms with Crippen LogP contribution in [0.2, 0.25) is 0 Å². The van der Waals surface area contributed by atoms with E-state index in [1.54, 1.807) is 6.07 Å². The van der Waals surface area contributed by atoms with Crippen molar-refractivity contribution in [1.29, 1.82) is 0 Å². The zero-order valence-corrected chi connectivity index (χ0v) is 20.1. The molecule has 7 nitrogen and oxygen atoms in total. The lowest BCUT2D eigenvalue weighted by Crippen LogP contribution is -2.46. The molecule has 1 aliphatic rings. The van der Waals surface area contributed by atoms with Crippen LogP contribution in [0.5, 0.6) is 5.75 Å². The van der Waals surface area contributed by atoms with Gasteiger partial charge in [0.2, 0.25) is 0 Å². The smallest absolute Gasteiger partial charge is 0.271 e. The van der Waals surface area contributed by atoms with E-state index < -0.39 is 0 Å². The number of amides is 1. The molecule has 174 valence electrons. The number of carbonyl (C=O) groups excluding carboxylic acids is 1. The van der Waals surface area contributed by atoms with Gasteiger partial charge >= 0.3 is 0 Å². The lowest BCUT2D eigenvalue weighted by Gasteiger charge is -2.34.